The van der Waals surface area contributed by atoms with Crippen LogP contribution in [0.1, 0.15) is 56.1 Å². The van der Waals surface area contributed by atoms with Crippen LogP contribution in [-0.2, 0) is 6.42 Å². The molecule has 1 aliphatic carbocycles. The summed E-state index contributed by atoms with van der Waals surface area (Å²) >= 11 is 3.54. The molecule has 2 aromatic rings. The molecule has 4 heteroatoms. The fraction of sp³-hybridized carbons (Fsp3) is 0.474. The van der Waals surface area contributed by atoms with E-state index in [1.165, 1.54) is 0 Å². The van der Waals surface area contributed by atoms with Crippen molar-refractivity contribution >= 4 is 38.3 Å². The van der Waals surface area contributed by atoms with Crippen LogP contribution in [0.2, 0.25) is 0 Å². The Morgan fingerprint density at radius 1 is 1.30 bits per heavy atom. The third-order valence-corrected chi connectivity index (χ3v) is 4.91. The SMILES string of the molecule is CCCCNc1c2c(nc3ccc(Br)cc13)CC(C)(C)CC2=O. The van der Waals surface area contributed by atoms with Gasteiger partial charge in [-0.1, -0.05) is 43.1 Å². The lowest BCUT2D eigenvalue weighted by atomic mass is 9.75. The average Bonchev–Trinajstić information content (AvgIpc) is 2.46. The second-order valence-electron chi connectivity index (χ2n) is 7.19. The predicted octanol–water partition coefficient (Wildman–Crippen LogP) is 5.36. The number of halogens is 1. The van der Waals surface area contributed by atoms with Gasteiger partial charge in [0.2, 0.25) is 0 Å². The number of Topliss-reactive ketones (excluding diaryl/α,β-unsaturated/α-hetero) is 1. The van der Waals surface area contributed by atoms with E-state index in [4.69, 9.17) is 4.98 Å². The number of pyridine rings is 1. The van der Waals surface area contributed by atoms with Crippen LogP contribution >= 0.6 is 15.9 Å². The molecule has 1 heterocycles. The standard InChI is InChI=1S/C19H23BrN2O/c1-4-5-8-21-18-13-9-12(20)6-7-14(13)22-15-10-19(2,3)11-16(23)17(15)18/h6-7,9H,4-5,8,10-11H2,1-3H3,(H,21,22). The number of aromatic nitrogens is 1. The molecule has 3 rings (SSSR count). The van der Waals surface area contributed by atoms with Crippen LogP contribution in [0, 0.1) is 5.41 Å². The van der Waals surface area contributed by atoms with Crippen molar-refractivity contribution in [3.8, 4) is 0 Å². The first kappa shape index (κ1) is 16.4. The highest BCUT2D eigenvalue weighted by atomic mass is 79.9. The lowest BCUT2D eigenvalue weighted by Gasteiger charge is -2.31. The quantitative estimate of drug-likeness (QED) is 0.731. The Bertz CT molecular complexity index is 768. The fourth-order valence-corrected chi connectivity index (χ4v) is 3.69. The third-order valence-electron chi connectivity index (χ3n) is 4.42. The van der Waals surface area contributed by atoms with Crippen LogP contribution in [0.4, 0.5) is 5.69 Å². The third kappa shape index (κ3) is 3.27. The molecule has 122 valence electrons. The van der Waals surface area contributed by atoms with Crippen molar-refractivity contribution in [3.63, 3.8) is 0 Å². The fourth-order valence-electron chi connectivity index (χ4n) is 3.33. The number of carbonyl (C=O) groups is 1. The van der Waals surface area contributed by atoms with E-state index in [1.807, 2.05) is 12.1 Å². The molecule has 3 nitrogen and oxygen atoms in total. The molecule has 1 aliphatic rings. The molecule has 0 unspecified atom stereocenters. The molecule has 0 radical (unpaired) electrons. The number of unbranched alkanes of at least 4 members (excludes halogenated alkanes) is 1. The van der Waals surface area contributed by atoms with E-state index in [0.29, 0.717) is 6.42 Å². The van der Waals surface area contributed by atoms with E-state index in [-0.39, 0.29) is 11.2 Å². The maximum absolute atomic E-state index is 12.8. The number of fused-ring (bicyclic) bond motifs is 2. The van der Waals surface area contributed by atoms with Crippen LogP contribution in [-0.4, -0.2) is 17.3 Å². The van der Waals surface area contributed by atoms with E-state index in [2.05, 4.69) is 48.1 Å². The number of nitrogens with one attached hydrogen (secondary N) is 1. The van der Waals surface area contributed by atoms with E-state index >= 15 is 0 Å². The molecule has 0 saturated heterocycles. The second-order valence-corrected chi connectivity index (χ2v) is 8.11. The maximum atomic E-state index is 12.8. The molecule has 1 aromatic carbocycles. The van der Waals surface area contributed by atoms with Crippen molar-refractivity contribution in [1.29, 1.82) is 0 Å². The summed E-state index contributed by atoms with van der Waals surface area (Å²) in [6.45, 7) is 7.34. The van der Waals surface area contributed by atoms with Crippen LogP contribution in [0.3, 0.4) is 0 Å². The Morgan fingerprint density at radius 2 is 2.09 bits per heavy atom. The van der Waals surface area contributed by atoms with Crippen molar-refractivity contribution in [3.05, 3.63) is 33.9 Å². The lowest BCUT2D eigenvalue weighted by Crippen LogP contribution is -2.29. The summed E-state index contributed by atoms with van der Waals surface area (Å²) in [7, 11) is 0. The van der Waals surface area contributed by atoms with E-state index < -0.39 is 0 Å². The first-order valence-corrected chi connectivity index (χ1v) is 9.10. The smallest absolute Gasteiger partial charge is 0.167 e. The summed E-state index contributed by atoms with van der Waals surface area (Å²) < 4.78 is 1.01. The second kappa shape index (κ2) is 6.23. The van der Waals surface area contributed by atoms with Gasteiger partial charge in [-0.25, -0.2) is 0 Å². The number of hydrogen-bond donors (Lipinski definition) is 1. The number of rotatable bonds is 4. The predicted molar refractivity (Wildman–Crippen MR) is 99.3 cm³/mol. The first-order valence-electron chi connectivity index (χ1n) is 8.30. The largest absolute Gasteiger partial charge is 0.384 e. The molecule has 0 saturated carbocycles. The molecule has 1 aromatic heterocycles. The summed E-state index contributed by atoms with van der Waals surface area (Å²) in [5.74, 6) is 0.213. The minimum Gasteiger partial charge on any atom is -0.384 e. The minimum atomic E-state index is -0.0131. The molecule has 0 fully saturated rings. The molecule has 0 aliphatic heterocycles. The summed E-state index contributed by atoms with van der Waals surface area (Å²) in [4.78, 5) is 17.6. The van der Waals surface area contributed by atoms with Crippen molar-refractivity contribution in [2.75, 3.05) is 11.9 Å². The first-order chi connectivity index (χ1) is 10.9. The van der Waals surface area contributed by atoms with E-state index in [9.17, 15) is 4.79 Å². The zero-order valence-electron chi connectivity index (χ0n) is 14.0. The number of benzene rings is 1. The van der Waals surface area contributed by atoms with Crippen LogP contribution in [0.15, 0.2) is 22.7 Å². The van der Waals surface area contributed by atoms with Gasteiger partial charge >= 0.3 is 0 Å². The molecule has 23 heavy (non-hydrogen) atoms. The van der Waals surface area contributed by atoms with Gasteiger partial charge in [-0.15, -0.1) is 0 Å². The highest BCUT2D eigenvalue weighted by Gasteiger charge is 2.34. The van der Waals surface area contributed by atoms with Crippen molar-refractivity contribution in [1.82, 2.24) is 4.98 Å². The Hall–Kier alpha value is -1.42. The van der Waals surface area contributed by atoms with Crippen LogP contribution < -0.4 is 5.32 Å². The zero-order valence-corrected chi connectivity index (χ0v) is 15.6. The highest BCUT2D eigenvalue weighted by molar-refractivity contribution is 9.10. The van der Waals surface area contributed by atoms with E-state index in [1.54, 1.807) is 0 Å². The average molecular weight is 375 g/mol. The molecular weight excluding hydrogens is 352 g/mol. The van der Waals surface area contributed by atoms with Gasteiger partial charge in [-0.3, -0.25) is 9.78 Å². The van der Waals surface area contributed by atoms with Gasteiger partial charge in [0.1, 0.15) is 0 Å². The Morgan fingerprint density at radius 3 is 2.83 bits per heavy atom. The van der Waals surface area contributed by atoms with Gasteiger partial charge in [0, 0.05) is 22.8 Å². The number of hydrogen-bond acceptors (Lipinski definition) is 3. The Balaban J connectivity index is 2.20. The Kier molecular flexibility index (Phi) is 4.45. The summed E-state index contributed by atoms with van der Waals surface area (Å²) in [5, 5.41) is 4.55. The number of ketones is 1. The minimum absolute atomic E-state index is 0.0131. The normalized spacial score (nSPS) is 16.4. The Labute approximate surface area is 146 Å². The number of nitrogens with zero attached hydrogens (tertiary/aromatic N) is 1. The van der Waals surface area contributed by atoms with Crippen LogP contribution in [0.25, 0.3) is 10.9 Å². The summed E-state index contributed by atoms with van der Waals surface area (Å²) in [6, 6.07) is 6.09. The highest BCUT2D eigenvalue weighted by Crippen LogP contribution is 2.40. The maximum Gasteiger partial charge on any atom is 0.167 e. The van der Waals surface area contributed by atoms with Gasteiger partial charge in [0.05, 0.1) is 22.5 Å². The molecular formula is C19H23BrN2O. The van der Waals surface area contributed by atoms with Gasteiger partial charge < -0.3 is 5.32 Å². The molecule has 0 atom stereocenters. The molecule has 0 bridgehead atoms. The van der Waals surface area contributed by atoms with Crippen LogP contribution in [0.5, 0.6) is 0 Å². The monoisotopic (exact) mass is 374 g/mol. The van der Waals surface area contributed by atoms with Crippen molar-refractivity contribution in [2.45, 2.75) is 46.5 Å². The summed E-state index contributed by atoms with van der Waals surface area (Å²) in [5.41, 5.74) is 3.67. The topological polar surface area (TPSA) is 42.0 Å². The number of anilines is 1. The van der Waals surface area contributed by atoms with E-state index in [0.717, 1.165) is 58.1 Å². The molecule has 0 amide bonds. The van der Waals surface area contributed by atoms with Crippen molar-refractivity contribution in [2.24, 2.45) is 5.41 Å². The lowest BCUT2D eigenvalue weighted by molar-refractivity contribution is 0.0911. The number of carbonyl (C=O) groups excluding carboxylic acids is 1. The zero-order chi connectivity index (χ0) is 16.6. The van der Waals surface area contributed by atoms with Gasteiger partial charge in [-0.2, -0.15) is 0 Å². The van der Waals surface area contributed by atoms with Gasteiger partial charge in [0.25, 0.3) is 0 Å². The van der Waals surface area contributed by atoms with Gasteiger partial charge in [-0.05, 0) is 36.5 Å². The summed E-state index contributed by atoms with van der Waals surface area (Å²) in [6.07, 6.45) is 3.65. The van der Waals surface area contributed by atoms with Crippen molar-refractivity contribution < 1.29 is 4.79 Å². The van der Waals surface area contributed by atoms with Gasteiger partial charge in [0.15, 0.2) is 5.78 Å². The molecule has 1 N–H and O–H groups in total. The molecule has 0 spiro atoms.